The molecule has 1 saturated heterocycles. The molecule has 1 aliphatic rings. The van der Waals surface area contributed by atoms with Gasteiger partial charge in [-0.2, -0.15) is 0 Å². The van der Waals surface area contributed by atoms with Gasteiger partial charge in [-0.05, 0) is 37.6 Å². The third-order valence-corrected chi connectivity index (χ3v) is 9.44. The first-order chi connectivity index (χ1) is 24.5. The first-order valence-corrected chi connectivity index (χ1v) is 17.1. The van der Waals surface area contributed by atoms with Gasteiger partial charge in [-0.25, -0.2) is 14.8 Å². The number of amides is 2. The minimum atomic E-state index is -1.11. The van der Waals surface area contributed by atoms with Crippen molar-refractivity contribution >= 4 is 40.8 Å². The van der Waals surface area contributed by atoms with Crippen LogP contribution >= 0.6 is 23.2 Å². The van der Waals surface area contributed by atoms with Crippen LogP contribution in [-0.2, 0) is 17.9 Å². The summed E-state index contributed by atoms with van der Waals surface area (Å²) in [7, 11) is 1.47. The number of carboxylic acid groups (broad SMARTS) is 1. The van der Waals surface area contributed by atoms with E-state index in [1.54, 1.807) is 31.3 Å². The van der Waals surface area contributed by atoms with Gasteiger partial charge in [0.1, 0.15) is 5.65 Å². The molecule has 1 aliphatic heterocycles. The van der Waals surface area contributed by atoms with Crippen LogP contribution in [0.25, 0.3) is 39.2 Å². The summed E-state index contributed by atoms with van der Waals surface area (Å²) in [6.45, 7) is 2.59. The van der Waals surface area contributed by atoms with Crippen LogP contribution in [0.1, 0.15) is 31.0 Å². The summed E-state index contributed by atoms with van der Waals surface area (Å²) in [6, 6.07) is 19.5. The van der Waals surface area contributed by atoms with E-state index in [4.69, 9.17) is 27.9 Å². The van der Waals surface area contributed by atoms with Crippen LogP contribution in [-0.4, -0.2) is 73.8 Å². The van der Waals surface area contributed by atoms with Crippen LogP contribution in [0.15, 0.2) is 77.7 Å². The third kappa shape index (κ3) is 7.99. The molecule has 0 spiro atoms. The molecule has 1 fully saturated rings. The normalized spacial score (nSPS) is 14.8. The van der Waals surface area contributed by atoms with E-state index in [0.29, 0.717) is 86.4 Å². The van der Waals surface area contributed by atoms with Gasteiger partial charge in [0.05, 0.1) is 41.2 Å². The molecule has 4 heterocycles. The molecule has 5 aromatic rings. The third-order valence-electron chi connectivity index (χ3n) is 8.62. The summed E-state index contributed by atoms with van der Waals surface area (Å²) in [5.74, 6) is 0.164. The Morgan fingerprint density at radius 2 is 1.75 bits per heavy atom. The lowest BCUT2D eigenvalue weighted by Crippen LogP contribution is -2.41. The monoisotopic (exact) mass is 730 g/mol. The van der Waals surface area contributed by atoms with Crippen LogP contribution < -0.4 is 20.9 Å². The quantitative estimate of drug-likeness (QED) is 0.128. The van der Waals surface area contributed by atoms with E-state index in [2.05, 4.69) is 20.6 Å². The molecule has 6 rings (SSSR count). The van der Waals surface area contributed by atoms with Crippen molar-refractivity contribution in [2.75, 3.05) is 20.2 Å². The van der Waals surface area contributed by atoms with Crippen molar-refractivity contribution in [3.8, 4) is 39.4 Å². The summed E-state index contributed by atoms with van der Waals surface area (Å²) in [4.78, 5) is 47.2. The van der Waals surface area contributed by atoms with Crippen molar-refractivity contribution in [1.82, 2.24) is 29.9 Å². The van der Waals surface area contributed by atoms with Gasteiger partial charge in [0.2, 0.25) is 11.8 Å². The number of hydrogen-bond donors (Lipinski definition) is 4. The molecule has 264 valence electrons. The van der Waals surface area contributed by atoms with Gasteiger partial charge in [-0.15, -0.1) is 0 Å². The smallest absolute Gasteiger partial charge is 0.407 e. The van der Waals surface area contributed by atoms with Gasteiger partial charge in [0, 0.05) is 77.7 Å². The number of nitrogens with zero attached hydrogens (tertiary/aromatic N) is 4. The number of aromatic nitrogens is 3. The predicted molar refractivity (Wildman–Crippen MR) is 195 cm³/mol. The van der Waals surface area contributed by atoms with Crippen LogP contribution in [0.5, 0.6) is 5.88 Å². The molecule has 51 heavy (non-hydrogen) atoms. The highest BCUT2D eigenvalue weighted by Gasteiger charge is 2.26. The van der Waals surface area contributed by atoms with Gasteiger partial charge in [-0.3, -0.25) is 14.0 Å². The van der Waals surface area contributed by atoms with E-state index in [1.165, 1.54) is 22.5 Å². The number of pyridine rings is 2. The number of nitrogens with one attached hydrogen (secondary N) is 2. The van der Waals surface area contributed by atoms with E-state index >= 15 is 0 Å². The largest absolute Gasteiger partial charge is 0.481 e. The number of rotatable bonds is 12. The number of halogens is 2. The minimum Gasteiger partial charge on any atom is -0.481 e. The van der Waals surface area contributed by atoms with Gasteiger partial charge >= 0.3 is 6.09 Å². The fraction of sp³-hybridized carbons (Fsp3) is 0.270. The van der Waals surface area contributed by atoms with Crippen LogP contribution in [0.2, 0.25) is 10.0 Å². The van der Waals surface area contributed by atoms with Crippen molar-refractivity contribution in [3.63, 3.8) is 0 Å². The maximum atomic E-state index is 13.0. The maximum absolute atomic E-state index is 13.0. The molecule has 14 heteroatoms. The molecule has 2 aromatic carbocycles. The Morgan fingerprint density at radius 1 is 1.04 bits per heavy atom. The molecule has 0 radical (unpaired) electrons. The van der Waals surface area contributed by atoms with E-state index in [1.807, 2.05) is 42.5 Å². The highest BCUT2D eigenvalue weighted by molar-refractivity contribution is 6.39. The maximum Gasteiger partial charge on any atom is 0.407 e. The van der Waals surface area contributed by atoms with Crippen molar-refractivity contribution in [3.05, 3.63) is 105 Å². The SMILES string of the molecule is COc1nc(-c2cccc(-c3cccc(-c4ccc5nc(CNCC(C)O)cc(=O)n5c4)c3Cl)c2Cl)ccc1CN(C[C@@H]1CCC(=O)N1)C(=O)O. The summed E-state index contributed by atoms with van der Waals surface area (Å²) in [5.41, 5.74) is 5.23. The van der Waals surface area contributed by atoms with Crippen LogP contribution in [0.4, 0.5) is 4.79 Å². The average Bonchev–Trinajstić information content (AvgIpc) is 3.52. The molecule has 0 aliphatic carbocycles. The molecule has 2 amide bonds. The predicted octanol–water partition coefficient (Wildman–Crippen LogP) is 5.63. The first-order valence-electron chi connectivity index (χ1n) is 16.3. The van der Waals surface area contributed by atoms with Crippen LogP contribution in [0, 0.1) is 0 Å². The number of hydrogen-bond acceptors (Lipinski definition) is 8. The second-order valence-electron chi connectivity index (χ2n) is 12.4. The Kier molecular flexibility index (Phi) is 10.9. The fourth-order valence-electron chi connectivity index (χ4n) is 6.12. The Morgan fingerprint density at radius 3 is 2.41 bits per heavy atom. The Labute approximate surface area is 303 Å². The van der Waals surface area contributed by atoms with E-state index in [0.717, 1.165) is 0 Å². The second kappa shape index (κ2) is 15.5. The van der Waals surface area contributed by atoms with Crippen molar-refractivity contribution in [2.24, 2.45) is 0 Å². The second-order valence-corrected chi connectivity index (χ2v) is 13.1. The van der Waals surface area contributed by atoms with E-state index < -0.39 is 12.2 Å². The zero-order chi connectivity index (χ0) is 36.2. The zero-order valence-corrected chi connectivity index (χ0v) is 29.4. The van der Waals surface area contributed by atoms with E-state index in [-0.39, 0.29) is 36.5 Å². The van der Waals surface area contributed by atoms with Crippen molar-refractivity contribution in [1.29, 1.82) is 0 Å². The fourth-order valence-corrected chi connectivity index (χ4v) is 6.79. The summed E-state index contributed by atoms with van der Waals surface area (Å²) < 4.78 is 7.05. The summed E-state index contributed by atoms with van der Waals surface area (Å²) >= 11 is 14.1. The molecule has 0 bridgehead atoms. The van der Waals surface area contributed by atoms with Gasteiger partial charge < -0.3 is 30.5 Å². The highest BCUT2D eigenvalue weighted by atomic mass is 35.5. The molecule has 1 unspecified atom stereocenters. The lowest BCUT2D eigenvalue weighted by molar-refractivity contribution is -0.119. The van der Waals surface area contributed by atoms with Crippen molar-refractivity contribution < 1.29 is 24.5 Å². The molecular weight excluding hydrogens is 695 g/mol. The zero-order valence-electron chi connectivity index (χ0n) is 27.9. The number of aliphatic hydroxyl groups is 1. The molecule has 2 atom stereocenters. The standard InChI is InChI=1S/C37H36Cl2N6O6/c1-21(46)16-40-17-25-15-33(48)45-19-22(10-13-31(45)41-25)26-5-3-6-27(34(26)38)28-7-4-8-29(35(28)39)30-12-9-23(36(43-30)51-2)18-44(37(49)50)20-24-11-14-32(47)42-24/h3-10,12-13,15,19,21,24,40,46H,11,14,16-18,20H2,1-2H3,(H,42,47)(H,49,50)/t21?,24-/m0/s1. The van der Waals surface area contributed by atoms with Gasteiger partial charge in [-0.1, -0.05) is 59.6 Å². The number of ether oxygens (including phenoxy) is 1. The van der Waals surface area contributed by atoms with Gasteiger partial charge in [0.15, 0.2) is 0 Å². The number of carbonyl (C=O) groups excluding carboxylic acids is 1. The summed E-state index contributed by atoms with van der Waals surface area (Å²) in [6.07, 6.45) is 1.03. The number of methoxy groups -OCH3 is 1. The minimum absolute atomic E-state index is 0.0215. The molecule has 0 saturated carbocycles. The molecule has 3 aromatic heterocycles. The Hall–Kier alpha value is -5.01. The van der Waals surface area contributed by atoms with Crippen molar-refractivity contribution in [2.45, 2.75) is 45.0 Å². The number of aliphatic hydroxyl groups excluding tert-OH is 1. The molecule has 12 nitrogen and oxygen atoms in total. The molecule has 4 N–H and O–H groups in total. The van der Waals surface area contributed by atoms with E-state index in [9.17, 15) is 24.6 Å². The Balaban J connectivity index is 1.28. The average molecular weight is 732 g/mol. The number of benzene rings is 2. The highest BCUT2D eigenvalue weighted by Crippen LogP contribution is 2.42. The topological polar surface area (TPSA) is 158 Å². The summed E-state index contributed by atoms with van der Waals surface area (Å²) in [5, 5.41) is 26.1. The number of fused-ring (bicyclic) bond motifs is 1. The lowest BCUT2D eigenvalue weighted by Gasteiger charge is -2.23. The first kappa shape index (κ1) is 35.8. The van der Waals surface area contributed by atoms with Gasteiger partial charge in [0.25, 0.3) is 5.56 Å². The number of carbonyl (C=O) groups is 2. The van der Waals surface area contributed by atoms with Crippen LogP contribution in [0.3, 0.4) is 0 Å². The molecular formula is C37H36Cl2N6O6. The Bertz CT molecular complexity index is 2170. The lowest BCUT2D eigenvalue weighted by atomic mass is 9.97.